The molecular formula is C17H20N4O4. The van der Waals surface area contributed by atoms with Crippen LogP contribution in [0.4, 0.5) is 11.4 Å². The van der Waals surface area contributed by atoms with Crippen molar-refractivity contribution in [3.63, 3.8) is 0 Å². The molecule has 25 heavy (non-hydrogen) atoms. The maximum absolute atomic E-state index is 12.1. The third kappa shape index (κ3) is 4.66. The first-order chi connectivity index (χ1) is 11.9. The molecule has 0 atom stereocenters. The molecule has 8 heteroatoms. The van der Waals surface area contributed by atoms with Gasteiger partial charge in [0.1, 0.15) is 5.69 Å². The van der Waals surface area contributed by atoms with Gasteiger partial charge >= 0.3 is 5.69 Å². The number of hydrogen-bond donors (Lipinski definition) is 4. The van der Waals surface area contributed by atoms with Crippen LogP contribution in [-0.4, -0.2) is 21.8 Å². The third-order valence-corrected chi connectivity index (χ3v) is 3.84. The van der Waals surface area contributed by atoms with Crippen LogP contribution in [0.1, 0.15) is 37.0 Å². The van der Waals surface area contributed by atoms with Crippen LogP contribution in [0.25, 0.3) is 0 Å². The molecule has 0 radical (unpaired) electrons. The lowest BCUT2D eigenvalue weighted by Gasteiger charge is -2.13. The molecule has 0 aliphatic heterocycles. The van der Waals surface area contributed by atoms with Gasteiger partial charge in [-0.2, -0.15) is 0 Å². The molecule has 1 aromatic heterocycles. The number of anilines is 2. The Labute approximate surface area is 143 Å². The maximum Gasteiger partial charge on any atom is 0.325 e. The van der Waals surface area contributed by atoms with Gasteiger partial charge in [0.2, 0.25) is 5.91 Å². The molecule has 2 rings (SSSR count). The molecule has 0 saturated heterocycles. The van der Waals surface area contributed by atoms with Crippen LogP contribution in [0.2, 0.25) is 0 Å². The van der Waals surface area contributed by atoms with Gasteiger partial charge in [-0.1, -0.05) is 13.8 Å². The minimum absolute atomic E-state index is 0.0464. The SMILES string of the molecule is CCC(CC)C(=O)Nc1ccc(C(=O)Nc2c[nH]c(=O)[nH]c2=O)cc1. The van der Waals surface area contributed by atoms with Crippen molar-refractivity contribution in [1.29, 1.82) is 0 Å². The average molecular weight is 344 g/mol. The molecule has 0 bridgehead atoms. The number of hydrogen-bond acceptors (Lipinski definition) is 4. The van der Waals surface area contributed by atoms with Crippen molar-refractivity contribution in [2.75, 3.05) is 10.6 Å². The van der Waals surface area contributed by atoms with Crippen molar-refractivity contribution in [3.8, 4) is 0 Å². The molecular weight excluding hydrogens is 324 g/mol. The first-order valence-electron chi connectivity index (χ1n) is 7.98. The number of nitrogens with one attached hydrogen (secondary N) is 4. The van der Waals surface area contributed by atoms with E-state index in [1.165, 1.54) is 12.1 Å². The second-order valence-corrected chi connectivity index (χ2v) is 5.52. The predicted molar refractivity (Wildman–Crippen MR) is 94.8 cm³/mol. The highest BCUT2D eigenvalue weighted by atomic mass is 16.2. The standard InChI is InChI=1S/C17H20N4O4/c1-3-10(4-2)14(22)19-12-7-5-11(6-8-12)15(23)20-13-9-18-17(25)21-16(13)24/h5-10H,3-4H2,1-2H3,(H,19,22)(H,20,23)(H2,18,21,24,25). The minimum atomic E-state index is -0.689. The lowest BCUT2D eigenvalue weighted by molar-refractivity contribution is -0.120. The summed E-state index contributed by atoms with van der Waals surface area (Å²) >= 11 is 0. The summed E-state index contributed by atoms with van der Waals surface area (Å²) in [6.45, 7) is 3.92. The van der Waals surface area contributed by atoms with Gasteiger partial charge in [-0.05, 0) is 37.1 Å². The number of benzene rings is 1. The van der Waals surface area contributed by atoms with Crippen molar-refractivity contribution < 1.29 is 9.59 Å². The van der Waals surface area contributed by atoms with Crippen molar-refractivity contribution in [1.82, 2.24) is 9.97 Å². The largest absolute Gasteiger partial charge is 0.326 e. The molecule has 132 valence electrons. The number of aromatic amines is 2. The van der Waals surface area contributed by atoms with Gasteiger partial charge in [-0.25, -0.2) is 4.79 Å². The van der Waals surface area contributed by atoms with Crippen molar-refractivity contribution in [3.05, 3.63) is 56.9 Å². The lowest BCUT2D eigenvalue weighted by atomic mass is 10.0. The molecule has 0 fully saturated rings. The Kier molecular flexibility index (Phi) is 5.89. The smallest absolute Gasteiger partial charge is 0.325 e. The number of carbonyl (C=O) groups excluding carboxylic acids is 2. The topological polar surface area (TPSA) is 124 Å². The fourth-order valence-corrected chi connectivity index (χ4v) is 2.31. The molecule has 0 aliphatic carbocycles. The van der Waals surface area contributed by atoms with E-state index in [1.807, 2.05) is 18.8 Å². The van der Waals surface area contributed by atoms with Crippen molar-refractivity contribution >= 4 is 23.2 Å². The van der Waals surface area contributed by atoms with Crippen LogP contribution < -0.4 is 21.9 Å². The Morgan fingerprint density at radius 1 is 1.04 bits per heavy atom. The van der Waals surface area contributed by atoms with E-state index in [9.17, 15) is 19.2 Å². The normalized spacial score (nSPS) is 10.5. The first kappa shape index (κ1) is 18.2. The minimum Gasteiger partial charge on any atom is -0.326 e. The average Bonchev–Trinajstić information content (AvgIpc) is 2.59. The molecule has 0 unspecified atom stereocenters. The van der Waals surface area contributed by atoms with Crippen LogP contribution in [0.3, 0.4) is 0 Å². The molecule has 1 aromatic carbocycles. The van der Waals surface area contributed by atoms with Crippen molar-refractivity contribution in [2.45, 2.75) is 26.7 Å². The molecule has 0 saturated carbocycles. The summed E-state index contributed by atoms with van der Waals surface area (Å²) in [5, 5.41) is 5.22. The van der Waals surface area contributed by atoms with Gasteiger partial charge in [0.15, 0.2) is 0 Å². The van der Waals surface area contributed by atoms with Gasteiger partial charge in [0, 0.05) is 23.4 Å². The zero-order valence-electron chi connectivity index (χ0n) is 14.0. The Morgan fingerprint density at radius 2 is 1.68 bits per heavy atom. The Morgan fingerprint density at radius 3 is 2.24 bits per heavy atom. The molecule has 0 aliphatic rings. The number of H-pyrrole nitrogens is 2. The van der Waals surface area contributed by atoms with Crippen LogP contribution >= 0.6 is 0 Å². The second kappa shape index (κ2) is 8.09. The first-order valence-corrected chi connectivity index (χ1v) is 7.98. The van der Waals surface area contributed by atoms with Crippen molar-refractivity contribution in [2.24, 2.45) is 5.92 Å². The monoisotopic (exact) mass is 344 g/mol. The molecule has 4 N–H and O–H groups in total. The van der Waals surface area contributed by atoms with Crippen LogP contribution in [0.5, 0.6) is 0 Å². The van der Waals surface area contributed by atoms with Crippen LogP contribution in [0, 0.1) is 5.92 Å². The highest BCUT2D eigenvalue weighted by Crippen LogP contribution is 2.14. The van der Waals surface area contributed by atoms with E-state index in [0.717, 1.165) is 19.0 Å². The molecule has 8 nitrogen and oxygen atoms in total. The van der Waals surface area contributed by atoms with Gasteiger partial charge in [0.25, 0.3) is 11.5 Å². The number of rotatable bonds is 6. The van der Waals surface area contributed by atoms with Gasteiger partial charge < -0.3 is 15.6 Å². The van der Waals surface area contributed by atoms with E-state index in [-0.39, 0.29) is 17.5 Å². The Balaban J connectivity index is 2.06. The van der Waals surface area contributed by atoms with E-state index in [1.54, 1.807) is 12.1 Å². The maximum atomic E-state index is 12.1. The third-order valence-electron chi connectivity index (χ3n) is 3.84. The molecule has 2 amide bonds. The summed E-state index contributed by atoms with van der Waals surface area (Å²) in [7, 11) is 0. The summed E-state index contributed by atoms with van der Waals surface area (Å²) in [6.07, 6.45) is 2.65. The summed E-state index contributed by atoms with van der Waals surface area (Å²) in [5.74, 6) is -0.604. The Hall–Kier alpha value is -3.16. The van der Waals surface area contributed by atoms with Gasteiger partial charge in [0.05, 0.1) is 0 Å². The van der Waals surface area contributed by atoms with Gasteiger partial charge in [-0.3, -0.25) is 19.4 Å². The lowest BCUT2D eigenvalue weighted by Crippen LogP contribution is -2.26. The van der Waals surface area contributed by atoms with E-state index >= 15 is 0 Å². The highest BCUT2D eigenvalue weighted by Gasteiger charge is 2.14. The fraction of sp³-hybridized carbons (Fsp3) is 0.294. The number of aromatic nitrogens is 2. The summed E-state index contributed by atoms with van der Waals surface area (Å²) in [5.41, 5.74) is -0.496. The van der Waals surface area contributed by atoms with Crippen LogP contribution in [0.15, 0.2) is 40.1 Å². The van der Waals surface area contributed by atoms with E-state index in [4.69, 9.17) is 0 Å². The predicted octanol–water partition coefficient (Wildman–Crippen LogP) is 1.69. The van der Waals surface area contributed by atoms with E-state index < -0.39 is 17.2 Å². The van der Waals surface area contributed by atoms with E-state index in [0.29, 0.717) is 11.3 Å². The summed E-state index contributed by atoms with van der Waals surface area (Å²) in [4.78, 5) is 51.0. The highest BCUT2D eigenvalue weighted by molar-refractivity contribution is 6.04. The molecule has 0 spiro atoms. The zero-order valence-corrected chi connectivity index (χ0v) is 14.0. The van der Waals surface area contributed by atoms with Gasteiger partial charge in [-0.15, -0.1) is 0 Å². The van der Waals surface area contributed by atoms with Crippen LogP contribution in [-0.2, 0) is 4.79 Å². The fourth-order valence-electron chi connectivity index (χ4n) is 2.31. The van der Waals surface area contributed by atoms with E-state index in [2.05, 4.69) is 15.6 Å². The Bertz CT molecular complexity index is 863. The number of amides is 2. The number of carbonyl (C=O) groups is 2. The molecule has 1 heterocycles. The quantitative estimate of drug-likeness (QED) is 0.636. The zero-order chi connectivity index (χ0) is 18.4. The molecule has 2 aromatic rings. The summed E-state index contributed by atoms with van der Waals surface area (Å²) < 4.78 is 0. The summed E-state index contributed by atoms with van der Waals surface area (Å²) in [6, 6.07) is 6.31. The second-order valence-electron chi connectivity index (χ2n) is 5.52.